The van der Waals surface area contributed by atoms with E-state index in [1.807, 2.05) is 66.7 Å². The van der Waals surface area contributed by atoms with Crippen molar-refractivity contribution in [3.63, 3.8) is 0 Å². The molecule has 4 rings (SSSR count). The summed E-state index contributed by atoms with van der Waals surface area (Å²) in [5, 5.41) is 8.93. The zero-order valence-corrected chi connectivity index (χ0v) is 21.6. The molecule has 0 bridgehead atoms. The van der Waals surface area contributed by atoms with Crippen LogP contribution in [0.4, 0.5) is 0 Å². The lowest BCUT2D eigenvalue weighted by Gasteiger charge is -2.23. The predicted molar refractivity (Wildman–Crippen MR) is 144 cm³/mol. The van der Waals surface area contributed by atoms with Gasteiger partial charge in [-0.15, -0.1) is 0 Å². The van der Waals surface area contributed by atoms with Gasteiger partial charge in [0.1, 0.15) is 23.9 Å². The van der Waals surface area contributed by atoms with Crippen molar-refractivity contribution in [1.82, 2.24) is 10.9 Å². The van der Waals surface area contributed by atoms with Crippen LogP contribution in [0.2, 0.25) is 0 Å². The number of benzene rings is 3. The van der Waals surface area contributed by atoms with Gasteiger partial charge in [0, 0.05) is 43.2 Å². The third kappa shape index (κ3) is 6.62. The van der Waals surface area contributed by atoms with Crippen LogP contribution in [0.3, 0.4) is 0 Å². The SMILES string of the molecule is COc1ccc(CNNC(=O)[C@]2(Cc3ccccc3)COC(c3ccc(OCCCO)cc3)=N2)c(OC)c1. The fourth-order valence-electron chi connectivity index (χ4n) is 4.10. The Kier molecular flexibility index (Phi) is 9.18. The second-order valence-electron chi connectivity index (χ2n) is 8.84. The Morgan fingerprint density at radius 3 is 2.50 bits per heavy atom. The van der Waals surface area contributed by atoms with Crippen LogP contribution in [0.15, 0.2) is 77.8 Å². The van der Waals surface area contributed by atoms with Crippen LogP contribution >= 0.6 is 0 Å². The van der Waals surface area contributed by atoms with Gasteiger partial charge in [-0.3, -0.25) is 10.2 Å². The average Bonchev–Trinajstić information content (AvgIpc) is 3.39. The lowest BCUT2D eigenvalue weighted by atomic mass is 9.91. The second-order valence-corrected chi connectivity index (χ2v) is 8.84. The fourth-order valence-corrected chi connectivity index (χ4v) is 4.10. The summed E-state index contributed by atoms with van der Waals surface area (Å²) in [7, 11) is 3.19. The highest BCUT2D eigenvalue weighted by molar-refractivity contribution is 6.00. The standard InChI is InChI=1S/C29H33N3O6/c1-35-25-14-11-23(26(17-25)36-2)19-30-32-28(34)29(18-21-7-4-3-5-8-21)20-38-27(31-29)22-9-12-24(13-10-22)37-16-6-15-33/h3-5,7-14,17,30,33H,6,15-16,18-20H2,1-2H3,(H,32,34)/t29-/m0/s1. The van der Waals surface area contributed by atoms with Gasteiger partial charge in [0.2, 0.25) is 5.90 Å². The predicted octanol–water partition coefficient (Wildman–Crippen LogP) is 3.04. The molecular formula is C29H33N3O6. The first-order valence-corrected chi connectivity index (χ1v) is 12.4. The highest BCUT2D eigenvalue weighted by Crippen LogP contribution is 2.28. The van der Waals surface area contributed by atoms with Crippen molar-refractivity contribution in [1.29, 1.82) is 0 Å². The molecule has 1 aliphatic heterocycles. The van der Waals surface area contributed by atoms with Crippen molar-refractivity contribution in [2.75, 3.05) is 34.0 Å². The molecule has 0 saturated heterocycles. The Morgan fingerprint density at radius 2 is 1.79 bits per heavy atom. The van der Waals surface area contributed by atoms with Crippen molar-refractivity contribution in [3.8, 4) is 17.2 Å². The molecule has 38 heavy (non-hydrogen) atoms. The van der Waals surface area contributed by atoms with Crippen LogP contribution in [0.5, 0.6) is 17.2 Å². The summed E-state index contributed by atoms with van der Waals surface area (Å²) in [6, 6.07) is 22.6. The molecule has 3 aromatic carbocycles. The van der Waals surface area contributed by atoms with E-state index in [-0.39, 0.29) is 19.1 Å². The summed E-state index contributed by atoms with van der Waals surface area (Å²) < 4.78 is 22.3. The molecule has 1 amide bonds. The highest BCUT2D eigenvalue weighted by Gasteiger charge is 2.44. The van der Waals surface area contributed by atoms with E-state index in [0.29, 0.717) is 49.1 Å². The first-order valence-electron chi connectivity index (χ1n) is 12.4. The number of hydrogen-bond acceptors (Lipinski definition) is 8. The van der Waals surface area contributed by atoms with Gasteiger partial charge in [0.15, 0.2) is 5.54 Å². The van der Waals surface area contributed by atoms with Gasteiger partial charge in [0.25, 0.3) is 5.91 Å². The van der Waals surface area contributed by atoms with Crippen LogP contribution in [0.1, 0.15) is 23.1 Å². The number of carbonyl (C=O) groups is 1. The molecule has 3 aromatic rings. The minimum Gasteiger partial charge on any atom is -0.497 e. The number of nitrogens with zero attached hydrogens (tertiary/aromatic N) is 1. The van der Waals surface area contributed by atoms with Crippen molar-refractivity contribution >= 4 is 11.8 Å². The van der Waals surface area contributed by atoms with E-state index in [0.717, 1.165) is 16.7 Å². The number of rotatable bonds is 13. The maximum Gasteiger partial charge on any atom is 0.266 e. The lowest BCUT2D eigenvalue weighted by Crippen LogP contribution is -2.52. The zero-order chi connectivity index (χ0) is 26.8. The van der Waals surface area contributed by atoms with Gasteiger partial charge in [-0.25, -0.2) is 10.4 Å². The number of hydrazine groups is 1. The molecule has 9 nitrogen and oxygen atoms in total. The number of aliphatic hydroxyl groups is 1. The van der Waals surface area contributed by atoms with Crippen LogP contribution in [0.25, 0.3) is 0 Å². The van der Waals surface area contributed by atoms with Crippen molar-refractivity contribution in [3.05, 3.63) is 89.5 Å². The van der Waals surface area contributed by atoms with Crippen molar-refractivity contribution in [2.45, 2.75) is 24.9 Å². The number of ether oxygens (including phenoxy) is 4. The highest BCUT2D eigenvalue weighted by atomic mass is 16.5. The van der Waals surface area contributed by atoms with Gasteiger partial charge in [0.05, 0.1) is 20.8 Å². The Balaban J connectivity index is 1.49. The summed E-state index contributed by atoms with van der Waals surface area (Å²) in [5.41, 5.74) is 7.26. The van der Waals surface area contributed by atoms with Gasteiger partial charge in [-0.1, -0.05) is 36.4 Å². The van der Waals surface area contributed by atoms with E-state index >= 15 is 0 Å². The molecule has 9 heteroatoms. The van der Waals surface area contributed by atoms with Crippen molar-refractivity contribution < 1.29 is 28.8 Å². The molecular weight excluding hydrogens is 486 g/mol. The summed E-state index contributed by atoms with van der Waals surface area (Å²) in [4.78, 5) is 18.3. The first-order chi connectivity index (χ1) is 18.6. The maximum absolute atomic E-state index is 13.5. The fraction of sp³-hybridized carbons (Fsp3) is 0.310. The Morgan fingerprint density at radius 1 is 1.03 bits per heavy atom. The molecule has 3 N–H and O–H groups in total. The minimum absolute atomic E-state index is 0.0801. The summed E-state index contributed by atoms with van der Waals surface area (Å²) >= 11 is 0. The first kappa shape index (κ1) is 27.0. The quantitative estimate of drug-likeness (QED) is 0.235. The molecule has 0 unspecified atom stereocenters. The molecule has 0 fully saturated rings. The molecule has 1 atom stereocenters. The van der Waals surface area contributed by atoms with E-state index in [1.165, 1.54) is 0 Å². The Bertz CT molecular complexity index is 1230. The van der Waals surface area contributed by atoms with Gasteiger partial charge in [-0.05, 0) is 35.9 Å². The number of carbonyl (C=O) groups excluding carboxylic acids is 1. The topological polar surface area (TPSA) is 111 Å². The number of nitrogens with one attached hydrogen (secondary N) is 2. The number of amides is 1. The van der Waals surface area contributed by atoms with E-state index in [4.69, 9.17) is 29.0 Å². The number of methoxy groups -OCH3 is 2. The average molecular weight is 520 g/mol. The third-order valence-electron chi connectivity index (χ3n) is 6.17. The molecule has 1 heterocycles. The number of aliphatic hydroxyl groups excluding tert-OH is 1. The number of hydrogen-bond donors (Lipinski definition) is 3. The summed E-state index contributed by atoms with van der Waals surface area (Å²) in [6.07, 6.45) is 0.938. The van der Waals surface area contributed by atoms with E-state index < -0.39 is 5.54 Å². The van der Waals surface area contributed by atoms with E-state index in [9.17, 15) is 4.79 Å². The molecule has 0 radical (unpaired) electrons. The second kappa shape index (κ2) is 12.9. The van der Waals surface area contributed by atoms with Crippen LogP contribution in [-0.4, -0.2) is 56.5 Å². The maximum atomic E-state index is 13.5. The van der Waals surface area contributed by atoms with Crippen molar-refractivity contribution in [2.24, 2.45) is 4.99 Å². The largest absolute Gasteiger partial charge is 0.497 e. The molecule has 0 aromatic heterocycles. The normalized spacial score (nSPS) is 16.3. The van der Waals surface area contributed by atoms with Gasteiger partial charge in [-0.2, -0.15) is 0 Å². The molecule has 0 spiro atoms. The monoisotopic (exact) mass is 519 g/mol. The zero-order valence-electron chi connectivity index (χ0n) is 21.6. The third-order valence-corrected chi connectivity index (χ3v) is 6.17. The smallest absolute Gasteiger partial charge is 0.266 e. The molecule has 200 valence electrons. The van der Waals surface area contributed by atoms with Gasteiger partial charge >= 0.3 is 0 Å². The summed E-state index contributed by atoms with van der Waals surface area (Å²) in [5.74, 6) is 2.12. The Hall–Kier alpha value is -4.08. The van der Waals surface area contributed by atoms with Crippen LogP contribution in [0, 0.1) is 0 Å². The number of aliphatic imine (C=N–C) groups is 1. The van der Waals surface area contributed by atoms with E-state index in [2.05, 4.69) is 10.9 Å². The van der Waals surface area contributed by atoms with Crippen LogP contribution < -0.4 is 25.1 Å². The molecule has 0 saturated carbocycles. The minimum atomic E-state index is -1.15. The molecule has 0 aliphatic carbocycles. The van der Waals surface area contributed by atoms with Crippen LogP contribution in [-0.2, 0) is 22.5 Å². The lowest BCUT2D eigenvalue weighted by molar-refractivity contribution is -0.127. The summed E-state index contributed by atoms with van der Waals surface area (Å²) in [6.45, 7) is 0.959. The Labute approximate surface area is 222 Å². The van der Waals surface area contributed by atoms with E-state index in [1.54, 1.807) is 20.3 Å². The van der Waals surface area contributed by atoms with Gasteiger partial charge < -0.3 is 24.1 Å². The molecule has 1 aliphatic rings.